The van der Waals surface area contributed by atoms with E-state index in [0.29, 0.717) is 37.6 Å². The molecule has 2 aliphatic heterocycles. The van der Waals surface area contributed by atoms with Gasteiger partial charge in [0.25, 0.3) is 0 Å². The van der Waals surface area contributed by atoms with Crippen LogP contribution in [0.15, 0.2) is 71.5 Å². The highest BCUT2D eigenvalue weighted by molar-refractivity contribution is 5.87. The SMILES string of the molecule is COc1ccc(CC(NC(=O)OC(C)(C)C)C(=O)N2C(CO)CC3=C(C=C4CC3COCO4)C2COCc2ccccc2)cc1OC. The molecule has 4 unspecified atom stereocenters. The Morgan fingerprint density at radius 3 is 2.51 bits per heavy atom. The summed E-state index contributed by atoms with van der Waals surface area (Å²) in [6.45, 7) is 6.19. The lowest BCUT2D eigenvalue weighted by Gasteiger charge is -2.46. The van der Waals surface area contributed by atoms with Gasteiger partial charge in [0, 0.05) is 18.8 Å². The molecule has 1 fully saturated rings. The molecule has 2 bridgehead atoms. The Hall–Kier alpha value is -4.06. The molecule has 2 aromatic carbocycles. The summed E-state index contributed by atoms with van der Waals surface area (Å²) >= 11 is 0. The van der Waals surface area contributed by atoms with Gasteiger partial charge in [-0.1, -0.05) is 42.0 Å². The zero-order chi connectivity index (χ0) is 33.6. The first-order valence-electron chi connectivity index (χ1n) is 16.0. The number of nitrogens with one attached hydrogen (secondary N) is 1. The van der Waals surface area contributed by atoms with Crippen LogP contribution in [-0.2, 0) is 36.8 Å². The number of fused-ring (bicyclic) bond motifs is 3. The average molecular weight is 651 g/mol. The Kier molecular flexibility index (Phi) is 11.1. The molecule has 0 spiro atoms. The number of carbonyl (C=O) groups is 2. The van der Waals surface area contributed by atoms with Gasteiger partial charge in [-0.15, -0.1) is 0 Å². The summed E-state index contributed by atoms with van der Waals surface area (Å²) in [5.41, 5.74) is 3.02. The molecule has 11 nitrogen and oxygen atoms in total. The van der Waals surface area contributed by atoms with E-state index in [4.69, 9.17) is 28.4 Å². The van der Waals surface area contributed by atoms with Crippen molar-refractivity contribution in [3.8, 4) is 11.5 Å². The van der Waals surface area contributed by atoms with Crippen molar-refractivity contribution < 1.29 is 43.1 Å². The number of benzene rings is 2. The minimum Gasteiger partial charge on any atom is -0.493 e. The van der Waals surface area contributed by atoms with E-state index in [2.05, 4.69) is 5.32 Å². The van der Waals surface area contributed by atoms with Gasteiger partial charge in [-0.2, -0.15) is 0 Å². The van der Waals surface area contributed by atoms with Gasteiger partial charge in [0.2, 0.25) is 5.91 Å². The maximum absolute atomic E-state index is 14.8. The maximum Gasteiger partial charge on any atom is 0.408 e. The third-order valence-electron chi connectivity index (χ3n) is 8.55. The number of carbonyl (C=O) groups excluding carboxylic acids is 2. The first-order valence-corrected chi connectivity index (χ1v) is 16.0. The summed E-state index contributed by atoms with van der Waals surface area (Å²) in [5, 5.41) is 13.6. The normalized spacial score (nSPS) is 21.4. The second-order valence-electron chi connectivity index (χ2n) is 13.0. The van der Waals surface area contributed by atoms with Gasteiger partial charge < -0.3 is 43.7 Å². The van der Waals surface area contributed by atoms with E-state index < -0.39 is 29.8 Å². The number of aliphatic hydroxyl groups excluding tert-OH is 1. The Labute approximate surface area is 276 Å². The van der Waals surface area contributed by atoms with Crippen molar-refractivity contribution >= 4 is 12.0 Å². The number of ether oxygens (including phenoxy) is 6. The van der Waals surface area contributed by atoms with Crippen molar-refractivity contribution in [2.75, 3.05) is 40.8 Å². The van der Waals surface area contributed by atoms with Gasteiger partial charge in [-0.25, -0.2) is 4.79 Å². The number of amides is 2. The Morgan fingerprint density at radius 2 is 1.81 bits per heavy atom. The molecule has 11 heteroatoms. The number of hydrogen-bond donors (Lipinski definition) is 2. The van der Waals surface area contributed by atoms with Crippen LogP contribution in [0.25, 0.3) is 0 Å². The predicted octanol–water partition coefficient (Wildman–Crippen LogP) is 4.52. The quantitative estimate of drug-likeness (QED) is 0.361. The summed E-state index contributed by atoms with van der Waals surface area (Å²) < 4.78 is 34.4. The Bertz CT molecular complexity index is 1470. The molecule has 0 saturated carbocycles. The topological polar surface area (TPSA) is 125 Å². The highest BCUT2D eigenvalue weighted by Crippen LogP contribution is 2.42. The van der Waals surface area contributed by atoms with Gasteiger partial charge >= 0.3 is 6.09 Å². The summed E-state index contributed by atoms with van der Waals surface area (Å²) in [7, 11) is 3.09. The second-order valence-corrected chi connectivity index (χ2v) is 13.0. The smallest absolute Gasteiger partial charge is 0.408 e. The summed E-state index contributed by atoms with van der Waals surface area (Å²) in [5.74, 6) is 1.54. The van der Waals surface area contributed by atoms with E-state index in [-0.39, 0.29) is 38.3 Å². The molecule has 4 atom stereocenters. The van der Waals surface area contributed by atoms with Crippen LogP contribution < -0.4 is 14.8 Å². The Morgan fingerprint density at radius 1 is 1.04 bits per heavy atom. The molecule has 254 valence electrons. The number of methoxy groups -OCH3 is 2. The van der Waals surface area contributed by atoms with Crippen LogP contribution in [0.2, 0.25) is 0 Å². The lowest BCUT2D eigenvalue weighted by molar-refractivity contribution is -0.141. The van der Waals surface area contributed by atoms with Crippen molar-refractivity contribution in [1.82, 2.24) is 10.2 Å². The zero-order valence-electron chi connectivity index (χ0n) is 27.8. The van der Waals surface area contributed by atoms with Gasteiger partial charge in [-0.3, -0.25) is 4.79 Å². The van der Waals surface area contributed by atoms with Crippen molar-refractivity contribution in [2.45, 2.75) is 70.4 Å². The van der Waals surface area contributed by atoms with Crippen molar-refractivity contribution in [2.24, 2.45) is 5.92 Å². The van der Waals surface area contributed by atoms with Crippen LogP contribution in [0.4, 0.5) is 4.79 Å². The molecule has 3 aliphatic rings. The van der Waals surface area contributed by atoms with Crippen LogP contribution in [0.3, 0.4) is 0 Å². The molecule has 2 heterocycles. The average Bonchev–Trinajstić information content (AvgIpc) is 3.25. The molecule has 0 aromatic heterocycles. The standard InChI is InChI=1S/C36H46N2O9/c1-36(2,3)47-35(41)37-30(13-24-11-12-32(42-4)33(14-24)43-5)34(40)38-26(18-39)16-28-25-15-27(46-22-45-20-25)17-29(28)31(38)21-44-19-23-9-7-6-8-10-23/h6-12,14,17,25-26,30-31,39H,13,15-16,18-22H2,1-5H3,(H,37,41). The molecule has 1 aliphatic carbocycles. The monoisotopic (exact) mass is 650 g/mol. The maximum atomic E-state index is 14.8. The van der Waals surface area contributed by atoms with E-state index in [1.807, 2.05) is 42.5 Å². The molecule has 2 amide bonds. The first-order chi connectivity index (χ1) is 22.6. The molecular formula is C36H46N2O9. The van der Waals surface area contributed by atoms with Gasteiger partial charge in [-0.05, 0) is 62.1 Å². The molecular weight excluding hydrogens is 604 g/mol. The molecule has 5 rings (SSSR count). The highest BCUT2D eigenvalue weighted by atomic mass is 16.7. The Balaban J connectivity index is 1.51. The molecule has 0 radical (unpaired) electrons. The largest absolute Gasteiger partial charge is 0.493 e. The number of allylic oxidation sites excluding steroid dienone is 1. The van der Waals surface area contributed by atoms with Crippen LogP contribution in [-0.4, -0.2) is 86.6 Å². The van der Waals surface area contributed by atoms with Crippen molar-refractivity contribution in [3.05, 3.63) is 82.6 Å². The van der Waals surface area contributed by atoms with Crippen LogP contribution >= 0.6 is 0 Å². The molecule has 1 saturated heterocycles. The van der Waals surface area contributed by atoms with E-state index >= 15 is 0 Å². The number of alkyl carbamates (subject to hydrolysis) is 1. The number of nitrogens with zero attached hydrogens (tertiary/aromatic N) is 1. The highest BCUT2D eigenvalue weighted by Gasteiger charge is 2.44. The van der Waals surface area contributed by atoms with Crippen molar-refractivity contribution in [3.63, 3.8) is 0 Å². The minimum absolute atomic E-state index is 0.0675. The number of rotatable bonds is 11. The lowest BCUT2D eigenvalue weighted by Crippen LogP contribution is -2.60. The third kappa shape index (κ3) is 8.46. The minimum atomic E-state index is -1.03. The predicted molar refractivity (Wildman–Crippen MR) is 174 cm³/mol. The van der Waals surface area contributed by atoms with Crippen LogP contribution in [0.5, 0.6) is 11.5 Å². The number of hydrogen-bond acceptors (Lipinski definition) is 9. The first kappa shape index (κ1) is 34.3. The molecule has 2 aromatic rings. The molecule has 47 heavy (non-hydrogen) atoms. The second kappa shape index (κ2) is 15.2. The number of aliphatic hydroxyl groups is 1. The fourth-order valence-electron chi connectivity index (χ4n) is 6.44. The van der Waals surface area contributed by atoms with Crippen LogP contribution in [0, 0.1) is 5.92 Å². The zero-order valence-corrected chi connectivity index (χ0v) is 27.8. The summed E-state index contributed by atoms with van der Waals surface area (Å²) in [6, 6.07) is 13.0. The van der Waals surface area contributed by atoms with E-state index in [0.717, 1.165) is 28.0 Å². The van der Waals surface area contributed by atoms with Crippen molar-refractivity contribution in [1.29, 1.82) is 0 Å². The fourth-order valence-corrected chi connectivity index (χ4v) is 6.44. The van der Waals surface area contributed by atoms with Gasteiger partial charge in [0.1, 0.15) is 17.4 Å². The van der Waals surface area contributed by atoms with Gasteiger partial charge in [0.05, 0.1) is 52.7 Å². The van der Waals surface area contributed by atoms with Crippen LogP contribution in [0.1, 0.15) is 44.7 Å². The fraction of sp³-hybridized carbons (Fsp3) is 0.500. The third-order valence-corrected chi connectivity index (χ3v) is 8.55. The van der Waals surface area contributed by atoms with E-state index in [1.54, 1.807) is 52.0 Å². The van der Waals surface area contributed by atoms with Gasteiger partial charge in [0.15, 0.2) is 18.3 Å². The van der Waals surface area contributed by atoms with E-state index in [1.165, 1.54) is 0 Å². The summed E-state index contributed by atoms with van der Waals surface area (Å²) in [4.78, 5) is 29.7. The summed E-state index contributed by atoms with van der Waals surface area (Å²) in [6.07, 6.45) is 2.57. The lowest BCUT2D eigenvalue weighted by atomic mass is 9.76. The van der Waals surface area contributed by atoms with E-state index in [9.17, 15) is 14.7 Å². The molecule has 2 N–H and O–H groups in total.